The number of carbonyl (C=O) groups is 1. The molecule has 0 spiro atoms. The van der Waals surface area contributed by atoms with E-state index in [0.29, 0.717) is 15.6 Å². The van der Waals surface area contributed by atoms with Gasteiger partial charge in [0.05, 0.1) is 22.5 Å². The van der Waals surface area contributed by atoms with Gasteiger partial charge in [-0.05, 0) is 28.8 Å². The number of sulfone groups is 1. The van der Waals surface area contributed by atoms with Gasteiger partial charge in [0.15, 0.2) is 9.84 Å². The first-order valence-electron chi connectivity index (χ1n) is 7.90. The van der Waals surface area contributed by atoms with Crippen LogP contribution in [0.1, 0.15) is 12.0 Å². The molecule has 2 aliphatic rings. The Bertz CT molecular complexity index is 1020. The summed E-state index contributed by atoms with van der Waals surface area (Å²) in [5.74, 6) is -0.0667. The number of carbonyl (C=O) groups excluding carboxylic acids is 1. The fraction of sp³-hybridized carbons (Fsp3) is 0.222. The summed E-state index contributed by atoms with van der Waals surface area (Å²) in [5, 5.41) is 2.17. The largest absolute Gasteiger partial charge is 0.289 e. The monoisotopic (exact) mass is 389 g/mol. The Morgan fingerprint density at radius 1 is 1.16 bits per heavy atom. The predicted octanol–water partition coefficient (Wildman–Crippen LogP) is 3.23. The molecule has 1 atom stereocenters. The molecule has 2 saturated heterocycles. The Hall–Kier alpha value is -1.70. The SMILES string of the molecule is O=C1/C(=C/c2cccc3ccccc23)SC(=S)N1C1CCS(=O)(=O)C1. The number of rotatable bonds is 2. The van der Waals surface area contributed by atoms with Crippen LogP contribution >= 0.6 is 24.0 Å². The summed E-state index contributed by atoms with van der Waals surface area (Å²) in [6.45, 7) is 0. The van der Waals surface area contributed by atoms with Crippen LogP contribution in [0.5, 0.6) is 0 Å². The lowest BCUT2D eigenvalue weighted by Gasteiger charge is -2.20. The van der Waals surface area contributed by atoms with E-state index in [2.05, 4.69) is 0 Å². The maximum Gasteiger partial charge on any atom is 0.266 e. The van der Waals surface area contributed by atoms with E-state index in [1.165, 1.54) is 16.7 Å². The van der Waals surface area contributed by atoms with Gasteiger partial charge in [0.25, 0.3) is 5.91 Å². The Balaban J connectivity index is 1.69. The first kappa shape index (κ1) is 16.8. The van der Waals surface area contributed by atoms with Gasteiger partial charge in [-0.3, -0.25) is 9.69 Å². The molecule has 2 heterocycles. The molecule has 0 aromatic heterocycles. The van der Waals surface area contributed by atoms with Crippen molar-refractivity contribution >= 4 is 60.9 Å². The summed E-state index contributed by atoms with van der Waals surface area (Å²) in [4.78, 5) is 14.8. The van der Waals surface area contributed by atoms with E-state index in [9.17, 15) is 13.2 Å². The van der Waals surface area contributed by atoms with Gasteiger partial charge in [0, 0.05) is 0 Å². The Morgan fingerprint density at radius 3 is 2.68 bits per heavy atom. The average Bonchev–Trinajstić information content (AvgIpc) is 3.07. The highest BCUT2D eigenvalue weighted by atomic mass is 32.2. The summed E-state index contributed by atoms with van der Waals surface area (Å²) in [7, 11) is -3.07. The Labute approximate surface area is 155 Å². The number of fused-ring (bicyclic) bond motifs is 1. The van der Waals surface area contributed by atoms with Crippen LogP contribution in [-0.2, 0) is 14.6 Å². The highest BCUT2D eigenvalue weighted by molar-refractivity contribution is 8.26. The maximum absolute atomic E-state index is 12.8. The van der Waals surface area contributed by atoms with Crippen LogP contribution in [0.4, 0.5) is 0 Å². The van der Waals surface area contributed by atoms with Crippen molar-refractivity contribution in [3.05, 3.63) is 52.9 Å². The average molecular weight is 390 g/mol. The molecule has 2 aliphatic heterocycles. The zero-order valence-electron chi connectivity index (χ0n) is 13.2. The van der Waals surface area contributed by atoms with Crippen molar-refractivity contribution in [2.45, 2.75) is 12.5 Å². The Morgan fingerprint density at radius 2 is 1.92 bits per heavy atom. The number of thioether (sulfide) groups is 1. The highest BCUT2D eigenvalue weighted by Gasteiger charge is 2.42. The van der Waals surface area contributed by atoms with Crippen molar-refractivity contribution in [3.8, 4) is 0 Å². The van der Waals surface area contributed by atoms with Crippen molar-refractivity contribution in [2.24, 2.45) is 0 Å². The normalized spacial score (nSPS) is 24.6. The quantitative estimate of drug-likeness (QED) is 0.583. The van der Waals surface area contributed by atoms with Crippen LogP contribution in [0.2, 0.25) is 0 Å². The van der Waals surface area contributed by atoms with Crippen molar-refractivity contribution in [1.29, 1.82) is 0 Å². The third kappa shape index (κ3) is 3.12. The number of thiocarbonyl (C=S) groups is 1. The second-order valence-corrected chi connectivity index (χ2v) is 10.1. The van der Waals surface area contributed by atoms with E-state index in [-0.39, 0.29) is 23.5 Å². The minimum Gasteiger partial charge on any atom is -0.289 e. The summed E-state index contributed by atoms with van der Waals surface area (Å²) >= 11 is 6.60. The van der Waals surface area contributed by atoms with Crippen LogP contribution < -0.4 is 0 Å². The molecule has 1 amide bonds. The van der Waals surface area contributed by atoms with Crippen LogP contribution in [0, 0.1) is 0 Å². The van der Waals surface area contributed by atoms with Crippen molar-refractivity contribution in [1.82, 2.24) is 4.90 Å². The molecule has 2 aromatic rings. The number of amides is 1. The molecule has 0 saturated carbocycles. The number of nitrogens with zero attached hydrogens (tertiary/aromatic N) is 1. The zero-order chi connectivity index (χ0) is 17.6. The molecular formula is C18H15NO3S3. The lowest BCUT2D eigenvalue weighted by Crippen LogP contribution is -2.39. The predicted molar refractivity (Wildman–Crippen MR) is 106 cm³/mol. The maximum atomic E-state index is 12.8. The van der Waals surface area contributed by atoms with Crippen LogP contribution in [-0.4, -0.2) is 41.1 Å². The molecule has 0 bridgehead atoms. The topological polar surface area (TPSA) is 54.5 Å². The molecule has 25 heavy (non-hydrogen) atoms. The third-order valence-electron chi connectivity index (χ3n) is 4.51. The van der Waals surface area contributed by atoms with E-state index in [1.807, 2.05) is 48.5 Å². The number of benzene rings is 2. The standard InChI is InChI=1S/C18H15NO3S3/c20-17-16(10-13-6-3-5-12-4-1-2-7-15(12)13)24-18(23)19(17)14-8-9-25(21,22)11-14/h1-7,10,14H,8-9,11H2/b16-10-. The minimum atomic E-state index is -3.07. The van der Waals surface area contributed by atoms with E-state index < -0.39 is 9.84 Å². The molecule has 4 rings (SSSR count). The van der Waals surface area contributed by atoms with E-state index >= 15 is 0 Å². The Kier molecular flexibility index (Phi) is 4.17. The molecule has 4 nitrogen and oxygen atoms in total. The molecule has 0 aliphatic carbocycles. The fourth-order valence-electron chi connectivity index (χ4n) is 3.29. The summed E-state index contributed by atoms with van der Waals surface area (Å²) < 4.78 is 23.9. The smallest absolute Gasteiger partial charge is 0.266 e. The molecule has 128 valence electrons. The van der Waals surface area contributed by atoms with Gasteiger partial charge in [0.2, 0.25) is 0 Å². The molecule has 7 heteroatoms. The van der Waals surface area contributed by atoms with Gasteiger partial charge in [0.1, 0.15) is 4.32 Å². The highest BCUT2D eigenvalue weighted by Crippen LogP contribution is 2.37. The number of hydrogen-bond donors (Lipinski definition) is 0. The molecule has 0 radical (unpaired) electrons. The van der Waals surface area contributed by atoms with Crippen LogP contribution in [0.15, 0.2) is 47.4 Å². The van der Waals surface area contributed by atoms with E-state index in [4.69, 9.17) is 12.2 Å². The summed E-state index contributed by atoms with van der Waals surface area (Å²) in [5.41, 5.74) is 0.956. The lowest BCUT2D eigenvalue weighted by atomic mass is 10.0. The second-order valence-electron chi connectivity index (χ2n) is 6.18. The van der Waals surface area contributed by atoms with Gasteiger partial charge in [-0.25, -0.2) is 8.42 Å². The van der Waals surface area contributed by atoms with E-state index in [1.54, 1.807) is 0 Å². The first-order valence-corrected chi connectivity index (χ1v) is 10.9. The number of hydrogen-bond acceptors (Lipinski definition) is 5. The third-order valence-corrected chi connectivity index (χ3v) is 7.59. The van der Waals surface area contributed by atoms with Crippen molar-refractivity contribution in [3.63, 3.8) is 0 Å². The van der Waals surface area contributed by atoms with Crippen molar-refractivity contribution in [2.75, 3.05) is 11.5 Å². The molecular weight excluding hydrogens is 374 g/mol. The van der Waals surface area contributed by atoms with Gasteiger partial charge in [-0.15, -0.1) is 0 Å². The van der Waals surface area contributed by atoms with Gasteiger partial charge in [-0.2, -0.15) is 0 Å². The fourth-order valence-corrected chi connectivity index (χ4v) is 6.38. The van der Waals surface area contributed by atoms with Gasteiger partial charge < -0.3 is 0 Å². The van der Waals surface area contributed by atoms with Crippen LogP contribution in [0.25, 0.3) is 16.8 Å². The summed E-state index contributed by atoms with van der Waals surface area (Å²) in [6.07, 6.45) is 2.31. The van der Waals surface area contributed by atoms with Gasteiger partial charge >= 0.3 is 0 Å². The second kappa shape index (κ2) is 6.23. The van der Waals surface area contributed by atoms with E-state index in [0.717, 1.165) is 16.3 Å². The summed E-state index contributed by atoms with van der Waals surface area (Å²) in [6, 6.07) is 13.6. The molecule has 1 unspecified atom stereocenters. The minimum absolute atomic E-state index is 0.000980. The van der Waals surface area contributed by atoms with Crippen molar-refractivity contribution < 1.29 is 13.2 Å². The molecule has 0 N–H and O–H groups in total. The molecule has 2 aromatic carbocycles. The van der Waals surface area contributed by atoms with Gasteiger partial charge in [-0.1, -0.05) is 66.4 Å². The lowest BCUT2D eigenvalue weighted by molar-refractivity contribution is -0.123. The van der Waals surface area contributed by atoms with Crippen LogP contribution in [0.3, 0.4) is 0 Å². The molecule has 2 fully saturated rings. The first-order chi connectivity index (χ1) is 11.9. The zero-order valence-corrected chi connectivity index (χ0v) is 15.7.